The maximum Gasteiger partial charge on any atom is 0.0589 e. The molecule has 0 aliphatic carbocycles. The summed E-state index contributed by atoms with van der Waals surface area (Å²) in [5.74, 6) is 0. The van der Waals surface area contributed by atoms with Crippen LogP contribution in [0.1, 0.15) is 16.7 Å². The summed E-state index contributed by atoms with van der Waals surface area (Å²) < 4.78 is 5.05. The van der Waals surface area contributed by atoms with E-state index in [4.69, 9.17) is 4.74 Å². The van der Waals surface area contributed by atoms with Gasteiger partial charge in [0.2, 0.25) is 0 Å². The van der Waals surface area contributed by atoms with Gasteiger partial charge in [-0.05, 0) is 37.6 Å². The second-order valence-corrected chi connectivity index (χ2v) is 4.83. The van der Waals surface area contributed by atoms with Gasteiger partial charge in [-0.15, -0.1) is 0 Å². The minimum absolute atomic E-state index is 0.799. The van der Waals surface area contributed by atoms with E-state index >= 15 is 0 Å². The Morgan fingerprint density at radius 3 is 2.72 bits per heavy atom. The van der Waals surface area contributed by atoms with Gasteiger partial charge < -0.3 is 15.0 Å². The van der Waals surface area contributed by atoms with E-state index < -0.39 is 0 Å². The van der Waals surface area contributed by atoms with Gasteiger partial charge in [-0.3, -0.25) is 0 Å². The molecular weight excluding hydrogens is 224 g/mol. The van der Waals surface area contributed by atoms with Crippen molar-refractivity contribution in [3.8, 4) is 0 Å². The molecule has 0 radical (unpaired) electrons. The summed E-state index contributed by atoms with van der Waals surface area (Å²) in [5.41, 5.74) is 4.17. The van der Waals surface area contributed by atoms with E-state index in [9.17, 15) is 0 Å². The lowest BCUT2D eigenvalue weighted by Gasteiger charge is -2.16. The van der Waals surface area contributed by atoms with Crippen molar-refractivity contribution >= 4 is 0 Å². The SMILES string of the molecule is COCCN(C)CCNCc1cccc(C)c1C. The maximum absolute atomic E-state index is 5.05. The average Bonchev–Trinajstić information content (AvgIpc) is 2.37. The molecule has 0 atom stereocenters. The number of benzene rings is 1. The number of ether oxygens (including phenoxy) is 1. The average molecular weight is 250 g/mol. The van der Waals surface area contributed by atoms with E-state index in [0.717, 1.165) is 32.8 Å². The number of aryl methyl sites for hydroxylation is 1. The summed E-state index contributed by atoms with van der Waals surface area (Å²) >= 11 is 0. The number of rotatable bonds is 8. The van der Waals surface area contributed by atoms with Gasteiger partial charge >= 0.3 is 0 Å². The van der Waals surface area contributed by atoms with Crippen molar-refractivity contribution in [2.24, 2.45) is 0 Å². The zero-order chi connectivity index (χ0) is 13.4. The lowest BCUT2D eigenvalue weighted by Crippen LogP contribution is -2.31. The van der Waals surface area contributed by atoms with Crippen molar-refractivity contribution in [3.63, 3.8) is 0 Å². The van der Waals surface area contributed by atoms with E-state index in [1.807, 2.05) is 0 Å². The standard InChI is InChI=1S/C15H26N2O/c1-13-6-5-7-15(14(13)2)12-16-8-9-17(3)10-11-18-4/h5-7,16H,8-12H2,1-4H3. The van der Waals surface area contributed by atoms with Crippen LogP contribution in [0.3, 0.4) is 0 Å². The fourth-order valence-corrected chi connectivity index (χ4v) is 1.86. The van der Waals surface area contributed by atoms with Gasteiger partial charge in [-0.25, -0.2) is 0 Å². The molecule has 0 unspecified atom stereocenters. The predicted molar refractivity (Wildman–Crippen MR) is 77.0 cm³/mol. The van der Waals surface area contributed by atoms with Crippen LogP contribution in [0, 0.1) is 13.8 Å². The predicted octanol–water partition coefficient (Wildman–Crippen LogP) is 1.97. The van der Waals surface area contributed by atoms with E-state index in [1.54, 1.807) is 7.11 Å². The Morgan fingerprint density at radius 2 is 2.00 bits per heavy atom. The highest BCUT2D eigenvalue weighted by molar-refractivity contribution is 5.32. The molecule has 0 saturated heterocycles. The summed E-state index contributed by atoms with van der Waals surface area (Å²) in [7, 11) is 3.87. The summed E-state index contributed by atoms with van der Waals surface area (Å²) in [5, 5.41) is 3.49. The molecule has 1 N–H and O–H groups in total. The molecule has 1 aromatic rings. The van der Waals surface area contributed by atoms with Crippen LogP contribution in [0.25, 0.3) is 0 Å². The Kier molecular flexibility index (Phi) is 6.94. The number of hydrogen-bond donors (Lipinski definition) is 1. The van der Waals surface area contributed by atoms with Crippen molar-refractivity contribution in [3.05, 3.63) is 34.9 Å². The first-order valence-corrected chi connectivity index (χ1v) is 6.58. The highest BCUT2D eigenvalue weighted by Gasteiger charge is 2.01. The molecule has 0 amide bonds. The lowest BCUT2D eigenvalue weighted by molar-refractivity contribution is 0.161. The molecule has 0 heterocycles. The third kappa shape index (κ3) is 5.17. The van der Waals surface area contributed by atoms with E-state index in [2.05, 4.69) is 49.3 Å². The number of nitrogens with zero attached hydrogens (tertiary/aromatic N) is 1. The molecule has 3 heteroatoms. The van der Waals surface area contributed by atoms with Crippen LogP contribution < -0.4 is 5.32 Å². The molecule has 102 valence electrons. The van der Waals surface area contributed by atoms with E-state index in [0.29, 0.717) is 0 Å². The lowest BCUT2D eigenvalue weighted by atomic mass is 10.0. The molecule has 0 bridgehead atoms. The van der Waals surface area contributed by atoms with E-state index in [-0.39, 0.29) is 0 Å². The van der Waals surface area contributed by atoms with Gasteiger partial charge in [0.1, 0.15) is 0 Å². The second-order valence-electron chi connectivity index (χ2n) is 4.83. The Labute approximate surface area is 111 Å². The van der Waals surface area contributed by atoms with Crippen LogP contribution in [0.4, 0.5) is 0 Å². The minimum atomic E-state index is 0.799. The van der Waals surface area contributed by atoms with Crippen LogP contribution in [0.2, 0.25) is 0 Å². The summed E-state index contributed by atoms with van der Waals surface area (Å²) in [6.07, 6.45) is 0. The van der Waals surface area contributed by atoms with Crippen molar-refractivity contribution in [2.75, 3.05) is 40.4 Å². The normalized spacial score (nSPS) is 11.2. The Morgan fingerprint density at radius 1 is 1.22 bits per heavy atom. The first-order valence-electron chi connectivity index (χ1n) is 6.58. The number of hydrogen-bond acceptors (Lipinski definition) is 3. The molecule has 1 aromatic carbocycles. The van der Waals surface area contributed by atoms with Crippen LogP contribution >= 0.6 is 0 Å². The van der Waals surface area contributed by atoms with Gasteiger partial charge in [0.05, 0.1) is 6.61 Å². The third-order valence-corrected chi connectivity index (χ3v) is 3.38. The fourth-order valence-electron chi connectivity index (χ4n) is 1.86. The molecule has 0 spiro atoms. The zero-order valence-electron chi connectivity index (χ0n) is 12.1. The molecule has 1 rings (SSSR count). The van der Waals surface area contributed by atoms with Crippen molar-refractivity contribution in [1.29, 1.82) is 0 Å². The van der Waals surface area contributed by atoms with Crippen molar-refractivity contribution in [1.82, 2.24) is 10.2 Å². The first-order chi connectivity index (χ1) is 8.65. The fraction of sp³-hybridized carbons (Fsp3) is 0.600. The van der Waals surface area contributed by atoms with Gasteiger partial charge in [-0.2, -0.15) is 0 Å². The van der Waals surface area contributed by atoms with Gasteiger partial charge in [0.25, 0.3) is 0 Å². The molecule has 3 nitrogen and oxygen atoms in total. The quantitative estimate of drug-likeness (QED) is 0.714. The third-order valence-electron chi connectivity index (χ3n) is 3.38. The topological polar surface area (TPSA) is 24.5 Å². The van der Waals surface area contributed by atoms with Gasteiger partial charge in [0, 0.05) is 33.3 Å². The van der Waals surface area contributed by atoms with Crippen molar-refractivity contribution < 1.29 is 4.74 Å². The van der Waals surface area contributed by atoms with Crippen LogP contribution in [-0.4, -0.2) is 45.3 Å². The van der Waals surface area contributed by atoms with Crippen molar-refractivity contribution in [2.45, 2.75) is 20.4 Å². The van der Waals surface area contributed by atoms with E-state index in [1.165, 1.54) is 16.7 Å². The highest BCUT2D eigenvalue weighted by atomic mass is 16.5. The molecule has 0 aliphatic heterocycles. The van der Waals surface area contributed by atoms with Crippen LogP contribution in [-0.2, 0) is 11.3 Å². The largest absolute Gasteiger partial charge is 0.383 e. The highest BCUT2D eigenvalue weighted by Crippen LogP contribution is 2.11. The monoisotopic (exact) mass is 250 g/mol. The molecule has 0 saturated carbocycles. The maximum atomic E-state index is 5.05. The summed E-state index contributed by atoms with van der Waals surface area (Å²) in [6.45, 7) is 9.15. The Hall–Kier alpha value is -0.900. The zero-order valence-corrected chi connectivity index (χ0v) is 12.1. The number of likely N-dealkylation sites (N-methyl/N-ethyl adjacent to an activating group) is 1. The summed E-state index contributed by atoms with van der Waals surface area (Å²) in [6, 6.07) is 6.49. The van der Waals surface area contributed by atoms with Crippen LogP contribution in [0.5, 0.6) is 0 Å². The summed E-state index contributed by atoms with van der Waals surface area (Å²) in [4.78, 5) is 2.28. The Bertz CT molecular complexity index is 352. The second kappa shape index (κ2) is 8.25. The van der Waals surface area contributed by atoms with Gasteiger partial charge in [-0.1, -0.05) is 18.2 Å². The minimum Gasteiger partial charge on any atom is -0.383 e. The molecule has 0 aliphatic rings. The van der Waals surface area contributed by atoms with Crippen LogP contribution in [0.15, 0.2) is 18.2 Å². The molecule has 0 fully saturated rings. The number of nitrogens with one attached hydrogen (secondary N) is 1. The smallest absolute Gasteiger partial charge is 0.0589 e. The molecular formula is C15H26N2O. The molecule has 0 aromatic heterocycles. The first kappa shape index (κ1) is 15.2. The van der Waals surface area contributed by atoms with Gasteiger partial charge in [0.15, 0.2) is 0 Å². The number of methoxy groups -OCH3 is 1. The Balaban J connectivity index is 2.23. The molecule has 18 heavy (non-hydrogen) atoms.